The van der Waals surface area contributed by atoms with Crippen LogP contribution >= 0.6 is 0 Å². The van der Waals surface area contributed by atoms with E-state index in [1.807, 2.05) is 6.07 Å². The summed E-state index contributed by atoms with van der Waals surface area (Å²) < 4.78 is 4.95. The molecule has 1 aromatic carbocycles. The third-order valence-corrected chi connectivity index (χ3v) is 2.67. The summed E-state index contributed by atoms with van der Waals surface area (Å²) in [5.41, 5.74) is 1.76. The molecule has 0 atom stereocenters. The lowest BCUT2D eigenvalue weighted by molar-refractivity contribution is 0.219. The number of aryl methyl sites for hydroxylation is 1. The molecule has 102 valence electrons. The van der Waals surface area contributed by atoms with Crippen LogP contribution in [-0.2, 0) is 6.54 Å². The first kappa shape index (κ1) is 13.6. The highest BCUT2D eigenvalue weighted by molar-refractivity contribution is 5.89. The quantitative estimate of drug-likeness (QED) is 0.929. The molecule has 0 saturated carbocycles. The van der Waals surface area contributed by atoms with Gasteiger partial charge in [-0.2, -0.15) is 5.26 Å². The molecule has 0 saturated heterocycles. The number of anilines is 1. The van der Waals surface area contributed by atoms with Gasteiger partial charge in [-0.1, -0.05) is 11.2 Å². The molecule has 1 heterocycles. The minimum Gasteiger partial charge on any atom is -0.361 e. The van der Waals surface area contributed by atoms with Gasteiger partial charge >= 0.3 is 6.03 Å². The van der Waals surface area contributed by atoms with Crippen LogP contribution in [0, 0.1) is 18.3 Å². The van der Waals surface area contributed by atoms with Crippen molar-refractivity contribution in [2.24, 2.45) is 0 Å². The van der Waals surface area contributed by atoms with Crippen LogP contribution < -0.4 is 5.32 Å². The van der Waals surface area contributed by atoms with Gasteiger partial charge < -0.3 is 14.7 Å². The molecule has 20 heavy (non-hydrogen) atoms. The van der Waals surface area contributed by atoms with Gasteiger partial charge in [0.25, 0.3) is 0 Å². The zero-order valence-electron chi connectivity index (χ0n) is 11.3. The SMILES string of the molecule is Cc1cc(CN(C)C(=O)Nc2cccc(C#N)c2)no1. The van der Waals surface area contributed by atoms with Crippen LogP contribution in [0.2, 0.25) is 0 Å². The number of hydrogen-bond acceptors (Lipinski definition) is 4. The Morgan fingerprint density at radius 3 is 2.95 bits per heavy atom. The number of hydrogen-bond donors (Lipinski definition) is 1. The maximum atomic E-state index is 12.0. The summed E-state index contributed by atoms with van der Waals surface area (Å²) in [5, 5.41) is 15.4. The van der Waals surface area contributed by atoms with Gasteiger partial charge in [-0.25, -0.2) is 4.79 Å². The summed E-state index contributed by atoms with van der Waals surface area (Å²) in [6.07, 6.45) is 0. The number of rotatable bonds is 3. The molecule has 1 N–H and O–H groups in total. The van der Waals surface area contributed by atoms with Crippen LogP contribution in [0.25, 0.3) is 0 Å². The van der Waals surface area contributed by atoms with Gasteiger partial charge in [-0.05, 0) is 25.1 Å². The molecule has 6 heteroatoms. The fourth-order valence-corrected chi connectivity index (χ4v) is 1.69. The number of benzene rings is 1. The number of nitrogens with zero attached hydrogens (tertiary/aromatic N) is 3. The lowest BCUT2D eigenvalue weighted by Gasteiger charge is -2.16. The van der Waals surface area contributed by atoms with E-state index in [0.29, 0.717) is 29.2 Å². The molecule has 0 radical (unpaired) electrons. The molecule has 0 aliphatic carbocycles. The summed E-state index contributed by atoms with van der Waals surface area (Å²) in [6.45, 7) is 2.14. The monoisotopic (exact) mass is 270 g/mol. The van der Waals surface area contributed by atoms with E-state index in [2.05, 4.69) is 10.5 Å². The van der Waals surface area contributed by atoms with E-state index in [1.165, 1.54) is 4.90 Å². The number of nitriles is 1. The zero-order chi connectivity index (χ0) is 14.5. The smallest absolute Gasteiger partial charge is 0.321 e. The fraction of sp³-hybridized carbons (Fsp3) is 0.214. The highest BCUT2D eigenvalue weighted by atomic mass is 16.5. The minimum atomic E-state index is -0.277. The van der Waals surface area contributed by atoms with Crippen molar-refractivity contribution in [2.45, 2.75) is 13.5 Å². The van der Waals surface area contributed by atoms with E-state index < -0.39 is 0 Å². The summed E-state index contributed by atoms with van der Waals surface area (Å²) in [7, 11) is 1.66. The molecule has 2 amide bonds. The Kier molecular flexibility index (Phi) is 4.01. The summed E-state index contributed by atoms with van der Waals surface area (Å²) in [4.78, 5) is 13.5. The first-order valence-corrected chi connectivity index (χ1v) is 6.03. The Bertz CT molecular complexity index is 657. The molecule has 0 fully saturated rings. The topological polar surface area (TPSA) is 82.2 Å². The Balaban J connectivity index is 1.98. The average Bonchev–Trinajstić information content (AvgIpc) is 2.84. The molecule has 1 aromatic heterocycles. The van der Waals surface area contributed by atoms with Crippen LogP contribution in [0.5, 0.6) is 0 Å². The van der Waals surface area contributed by atoms with E-state index >= 15 is 0 Å². The maximum Gasteiger partial charge on any atom is 0.321 e. The molecule has 0 bridgehead atoms. The number of amides is 2. The van der Waals surface area contributed by atoms with E-state index in [1.54, 1.807) is 44.3 Å². The molecular weight excluding hydrogens is 256 g/mol. The van der Waals surface area contributed by atoms with Crippen molar-refractivity contribution in [3.05, 3.63) is 47.3 Å². The van der Waals surface area contributed by atoms with Crippen molar-refractivity contribution in [3.63, 3.8) is 0 Å². The summed E-state index contributed by atoms with van der Waals surface area (Å²) in [5.74, 6) is 0.704. The fourth-order valence-electron chi connectivity index (χ4n) is 1.69. The van der Waals surface area contributed by atoms with Gasteiger partial charge in [0.15, 0.2) is 0 Å². The highest BCUT2D eigenvalue weighted by Gasteiger charge is 2.11. The van der Waals surface area contributed by atoms with Crippen LogP contribution in [0.3, 0.4) is 0 Å². The number of carbonyl (C=O) groups is 1. The molecule has 2 aromatic rings. The van der Waals surface area contributed by atoms with Crippen molar-refractivity contribution < 1.29 is 9.32 Å². The molecule has 0 unspecified atom stereocenters. The van der Waals surface area contributed by atoms with Crippen LogP contribution in [-0.4, -0.2) is 23.1 Å². The molecule has 2 rings (SSSR count). The third kappa shape index (κ3) is 3.36. The van der Waals surface area contributed by atoms with Gasteiger partial charge in [0.05, 0.1) is 18.2 Å². The van der Waals surface area contributed by atoms with Crippen LogP contribution in [0.15, 0.2) is 34.9 Å². The Morgan fingerprint density at radius 2 is 2.30 bits per heavy atom. The molecule has 0 spiro atoms. The van der Waals surface area contributed by atoms with E-state index in [0.717, 1.165) is 0 Å². The molecule has 0 aliphatic rings. The average molecular weight is 270 g/mol. The first-order valence-electron chi connectivity index (χ1n) is 6.03. The summed E-state index contributed by atoms with van der Waals surface area (Å²) >= 11 is 0. The Morgan fingerprint density at radius 1 is 1.50 bits per heavy atom. The van der Waals surface area contributed by atoms with Gasteiger partial charge in [0.2, 0.25) is 0 Å². The predicted octanol–water partition coefficient (Wildman–Crippen LogP) is 2.52. The summed E-state index contributed by atoms with van der Waals surface area (Å²) in [6, 6.07) is 10.3. The number of urea groups is 1. The van der Waals surface area contributed by atoms with Crippen LogP contribution in [0.1, 0.15) is 17.0 Å². The third-order valence-electron chi connectivity index (χ3n) is 2.67. The van der Waals surface area contributed by atoms with Crippen molar-refractivity contribution in [1.82, 2.24) is 10.1 Å². The second kappa shape index (κ2) is 5.89. The molecule has 6 nitrogen and oxygen atoms in total. The second-order valence-corrected chi connectivity index (χ2v) is 4.41. The van der Waals surface area contributed by atoms with Gasteiger partial charge in [0.1, 0.15) is 11.5 Å². The van der Waals surface area contributed by atoms with E-state index in [4.69, 9.17) is 9.78 Å². The van der Waals surface area contributed by atoms with E-state index in [-0.39, 0.29) is 6.03 Å². The molecular formula is C14H14N4O2. The molecule has 0 aliphatic heterocycles. The minimum absolute atomic E-state index is 0.277. The number of aromatic nitrogens is 1. The largest absolute Gasteiger partial charge is 0.361 e. The standard InChI is InChI=1S/C14H14N4O2/c1-10-6-13(17-20-10)9-18(2)14(19)16-12-5-3-4-11(7-12)8-15/h3-7H,9H2,1-2H3,(H,16,19). The Hall–Kier alpha value is -2.81. The lowest BCUT2D eigenvalue weighted by Crippen LogP contribution is -2.30. The van der Waals surface area contributed by atoms with Crippen LogP contribution in [0.4, 0.5) is 10.5 Å². The van der Waals surface area contributed by atoms with E-state index in [9.17, 15) is 4.79 Å². The van der Waals surface area contributed by atoms with Crippen molar-refractivity contribution in [2.75, 3.05) is 12.4 Å². The highest BCUT2D eigenvalue weighted by Crippen LogP contribution is 2.11. The maximum absolute atomic E-state index is 12.0. The number of carbonyl (C=O) groups excluding carboxylic acids is 1. The lowest BCUT2D eigenvalue weighted by atomic mass is 10.2. The predicted molar refractivity (Wildman–Crippen MR) is 72.9 cm³/mol. The normalized spacial score (nSPS) is 9.85. The van der Waals surface area contributed by atoms with Gasteiger partial charge in [-0.3, -0.25) is 0 Å². The van der Waals surface area contributed by atoms with Crippen molar-refractivity contribution in [3.8, 4) is 6.07 Å². The van der Waals surface area contributed by atoms with Gasteiger partial charge in [-0.15, -0.1) is 0 Å². The second-order valence-electron chi connectivity index (χ2n) is 4.41. The zero-order valence-corrected chi connectivity index (χ0v) is 11.3. The number of nitrogens with one attached hydrogen (secondary N) is 1. The van der Waals surface area contributed by atoms with Crippen molar-refractivity contribution >= 4 is 11.7 Å². The first-order chi connectivity index (χ1) is 9.58. The Labute approximate surface area is 116 Å². The van der Waals surface area contributed by atoms with Crippen molar-refractivity contribution in [1.29, 1.82) is 5.26 Å². The van der Waals surface area contributed by atoms with Gasteiger partial charge in [0, 0.05) is 18.8 Å².